The molecule has 13 heteroatoms. The van der Waals surface area contributed by atoms with Gasteiger partial charge in [-0.2, -0.15) is 5.10 Å². The molecule has 8 rings (SSSR count). The van der Waals surface area contributed by atoms with Gasteiger partial charge in [-0.1, -0.05) is 19.9 Å². The Morgan fingerprint density at radius 2 is 1.73 bits per heavy atom. The lowest BCUT2D eigenvalue weighted by atomic mass is 9.76. The molecule has 272 valence electrons. The molecule has 4 aliphatic rings. The molecule has 0 spiro atoms. The van der Waals surface area contributed by atoms with Crippen molar-refractivity contribution in [2.24, 2.45) is 11.3 Å². The Morgan fingerprint density at radius 1 is 0.942 bits per heavy atom. The van der Waals surface area contributed by atoms with Crippen LogP contribution < -0.4 is 15.5 Å². The van der Waals surface area contributed by atoms with Crippen molar-refractivity contribution in [3.8, 4) is 11.4 Å². The van der Waals surface area contributed by atoms with Gasteiger partial charge in [-0.15, -0.1) is 0 Å². The molecule has 1 atom stereocenters. The number of aromatic amines is 2. The van der Waals surface area contributed by atoms with E-state index in [1.807, 2.05) is 29.2 Å². The molecule has 52 heavy (non-hydrogen) atoms. The first-order chi connectivity index (χ1) is 25.1. The summed E-state index contributed by atoms with van der Waals surface area (Å²) < 4.78 is 0. The summed E-state index contributed by atoms with van der Waals surface area (Å²) in [6.07, 6.45) is 7.33. The predicted octanol–water partition coefficient (Wildman–Crippen LogP) is 3.68. The highest BCUT2D eigenvalue weighted by atomic mass is 16.2. The summed E-state index contributed by atoms with van der Waals surface area (Å²) >= 11 is 0. The molecule has 0 radical (unpaired) electrons. The van der Waals surface area contributed by atoms with Crippen LogP contribution in [-0.2, 0) is 22.4 Å². The van der Waals surface area contributed by atoms with E-state index in [0.29, 0.717) is 23.5 Å². The van der Waals surface area contributed by atoms with Crippen molar-refractivity contribution in [2.75, 3.05) is 50.7 Å². The molecule has 0 bridgehead atoms. The maximum atomic E-state index is 13.6. The maximum absolute atomic E-state index is 13.6. The molecule has 3 fully saturated rings. The lowest BCUT2D eigenvalue weighted by molar-refractivity contribution is -0.134. The monoisotopic (exact) mass is 705 g/mol. The van der Waals surface area contributed by atoms with Crippen LogP contribution in [0.3, 0.4) is 0 Å². The van der Waals surface area contributed by atoms with E-state index in [1.54, 1.807) is 12.3 Å². The summed E-state index contributed by atoms with van der Waals surface area (Å²) in [5.41, 5.74) is 6.89. The number of piperazine rings is 1. The highest BCUT2D eigenvalue weighted by Crippen LogP contribution is 2.38. The first-order valence-electron chi connectivity index (χ1n) is 18.6. The topological polar surface area (TPSA) is 159 Å². The van der Waals surface area contributed by atoms with Crippen LogP contribution in [0.15, 0.2) is 42.6 Å². The molecule has 3 aromatic heterocycles. The molecule has 6 heterocycles. The molecule has 1 aromatic carbocycles. The Morgan fingerprint density at radius 3 is 2.48 bits per heavy atom. The van der Waals surface area contributed by atoms with E-state index in [1.165, 1.54) is 11.3 Å². The number of nitrogens with one attached hydrogen (secondary N) is 4. The number of aromatic nitrogens is 4. The number of fused-ring (bicyclic) bond motifs is 2. The van der Waals surface area contributed by atoms with Gasteiger partial charge in [0.15, 0.2) is 0 Å². The highest BCUT2D eigenvalue weighted by molar-refractivity contribution is 6.03. The number of imide groups is 1. The summed E-state index contributed by atoms with van der Waals surface area (Å²) in [5, 5.41) is 14.0. The molecule has 0 unspecified atom stereocenters. The van der Waals surface area contributed by atoms with Crippen molar-refractivity contribution in [2.45, 2.75) is 64.8 Å². The quantitative estimate of drug-likeness (QED) is 0.212. The molecular formula is C39H47N9O4. The van der Waals surface area contributed by atoms with Crippen molar-refractivity contribution in [3.63, 3.8) is 0 Å². The summed E-state index contributed by atoms with van der Waals surface area (Å²) in [6, 6.07) is 11.0. The van der Waals surface area contributed by atoms with Crippen molar-refractivity contribution in [3.05, 3.63) is 65.0 Å². The van der Waals surface area contributed by atoms with E-state index in [-0.39, 0.29) is 29.6 Å². The fourth-order valence-electron chi connectivity index (χ4n) is 8.26. The van der Waals surface area contributed by atoms with E-state index in [0.717, 1.165) is 106 Å². The van der Waals surface area contributed by atoms with Crippen LogP contribution in [0.25, 0.3) is 22.3 Å². The molecule has 0 saturated carbocycles. The molecule has 4 N–H and O–H groups in total. The second kappa shape index (κ2) is 13.8. The van der Waals surface area contributed by atoms with Crippen LogP contribution >= 0.6 is 0 Å². The van der Waals surface area contributed by atoms with Gasteiger partial charge in [0.2, 0.25) is 11.8 Å². The van der Waals surface area contributed by atoms with Crippen LogP contribution in [-0.4, -0.2) is 105 Å². The third-order valence-corrected chi connectivity index (χ3v) is 11.5. The second-order valence-corrected chi connectivity index (χ2v) is 15.8. The van der Waals surface area contributed by atoms with Crippen LogP contribution in [0.2, 0.25) is 0 Å². The number of benzene rings is 1. The molecule has 3 saturated heterocycles. The maximum Gasteiger partial charge on any atom is 0.254 e. The number of hydrogen-bond donors (Lipinski definition) is 4. The van der Waals surface area contributed by atoms with E-state index in [2.05, 4.69) is 60.5 Å². The van der Waals surface area contributed by atoms with Gasteiger partial charge in [-0.05, 0) is 80.2 Å². The van der Waals surface area contributed by atoms with Gasteiger partial charge in [-0.3, -0.25) is 34.5 Å². The Kier molecular flexibility index (Phi) is 9.06. The van der Waals surface area contributed by atoms with Gasteiger partial charge in [0.05, 0.1) is 11.3 Å². The molecule has 4 aromatic rings. The second-order valence-electron chi connectivity index (χ2n) is 15.8. The van der Waals surface area contributed by atoms with Gasteiger partial charge in [0.25, 0.3) is 11.8 Å². The molecule has 13 nitrogen and oxygen atoms in total. The normalized spacial score (nSPS) is 21.2. The zero-order valence-corrected chi connectivity index (χ0v) is 30.0. The van der Waals surface area contributed by atoms with E-state index in [9.17, 15) is 19.2 Å². The average molecular weight is 706 g/mol. The Hall–Kier alpha value is -5.04. The van der Waals surface area contributed by atoms with Crippen LogP contribution in [0.5, 0.6) is 0 Å². The van der Waals surface area contributed by atoms with Gasteiger partial charge < -0.3 is 20.1 Å². The summed E-state index contributed by atoms with van der Waals surface area (Å²) in [4.78, 5) is 64.4. The van der Waals surface area contributed by atoms with E-state index >= 15 is 0 Å². The number of carbonyl (C=O) groups excluding carboxylic acids is 4. The number of piperidine rings is 2. The molecular weight excluding hydrogens is 658 g/mol. The van der Waals surface area contributed by atoms with Crippen molar-refractivity contribution < 1.29 is 19.2 Å². The van der Waals surface area contributed by atoms with E-state index in [4.69, 9.17) is 0 Å². The van der Waals surface area contributed by atoms with Crippen molar-refractivity contribution in [1.82, 2.24) is 40.6 Å². The smallest absolute Gasteiger partial charge is 0.254 e. The number of pyridine rings is 1. The number of nitrogens with zero attached hydrogens (tertiary/aromatic N) is 5. The number of carbonyl (C=O) groups is 4. The number of amides is 4. The predicted molar refractivity (Wildman–Crippen MR) is 197 cm³/mol. The van der Waals surface area contributed by atoms with Crippen LogP contribution in [0, 0.1) is 11.3 Å². The highest BCUT2D eigenvalue weighted by Gasteiger charge is 2.31. The lowest BCUT2D eigenvalue weighted by Gasteiger charge is -2.39. The Balaban J connectivity index is 0.798. The largest absolute Gasteiger partial charge is 0.357 e. The number of H-pyrrole nitrogens is 2. The summed E-state index contributed by atoms with van der Waals surface area (Å²) in [6.45, 7) is 10.6. The standard InChI is InChI=1S/C39H47N9O4/c1-39(2)12-9-28-32(21-39)44-45-35(28)31-19-25-3-4-26(20-30(25)41-31)38(52)48-17-15-46(16-18-48)23-24-10-13-47(14-11-24)33-7-5-27(22-40-33)36(50)42-29-6-8-34(49)43-37(29)51/h3-5,7,19-20,22,24,29,41H,6,8-18,21,23H2,1-2H3,(H,42,50)(H,44,45)(H,43,49,51)/t29-/m0/s1. The van der Waals surface area contributed by atoms with Gasteiger partial charge >= 0.3 is 0 Å². The van der Waals surface area contributed by atoms with Crippen molar-refractivity contribution in [1.29, 1.82) is 0 Å². The molecule has 3 aliphatic heterocycles. The van der Waals surface area contributed by atoms with Gasteiger partial charge in [0, 0.05) is 86.2 Å². The minimum atomic E-state index is -0.715. The number of hydrogen-bond acceptors (Lipinski definition) is 8. The fourth-order valence-corrected chi connectivity index (χ4v) is 8.26. The van der Waals surface area contributed by atoms with E-state index < -0.39 is 11.9 Å². The third-order valence-electron chi connectivity index (χ3n) is 11.5. The Bertz CT molecular complexity index is 2000. The first kappa shape index (κ1) is 34.1. The minimum Gasteiger partial charge on any atom is -0.357 e. The number of anilines is 1. The number of rotatable bonds is 7. The lowest BCUT2D eigenvalue weighted by Crippen LogP contribution is -2.52. The Labute approximate surface area is 302 Å². The SMILES string of the molecule is CC1(C)CCc2c(-c3cc4ccc(C(=O)N5CCN(CC6CCN(c7ccc(C(=O)N[C@H]8CCC(=O)NC8=O)cn7)CC6)CC5)cc4[nH]3)n[nH]c2C1. The summed E-state index contributed by atoms with van der Waals surface area (Å²) in [7, 11) is 0. The van der Waals surface area contributed by atoms with Crippen LogP contribution in [0.4, 0.5) is 5.82 Å². The molecule has 1 aliphatic carbocycles. The van der Waals surface area contributed by atoms with Crippen LogP contribution in [0.1, 0.15) is 77.9 Å². The minimum absolute atomic E-state index is 0.0809. The van der Waals surface area contributed by atoms with Gasteiger partial charge in [0.1, 0.15) is 17.6 Å². The van der Waals surface area contributed by atoms with Gasteiger partial charge in [-0.25, -0.2) is 4.98 Å². The zero-order chi connectivity index (χ0) is 36.0. The molecule has 4 amide bonds. The fraction of sp³-hybridized carbons (Fsp3) is 0.487. The third kappa shape index (κ3) is 7.06. The van der Waals surface area contributed by atoms with Crippen molar-refractivity contribution >= 4 is 40.3 Å². The summed E-state index contributed by atoms with van der Waals surface area (Å²) in [5.74, 6) is 0.328. The zero-order valence-electron chi connectivity index (χ0n) is 30.0. The average Bonchev–Trinajstić information content (AvgIpc) is 3.76. The first-order valence-corrected chi connectivity index (χ1v) is 18.6.